The maximum Gasteiger partial charge on any atom is 0.324 e. The van der Waals surface area contributed by atoms with Crippen molar-refractivity contribution in [1.29, 1.82) is 0 Å². The quantitative estimate of drug-likeness (QED) is 0.229. The molecule has 6 bridgehead atoms. The zero-order valence-corrected chi connectivity index (χ0v) is 41.2. The molecule has 5 amide bonds. The number of carbonyl (C=O) groups excluding carboxylic acids is 5. The number of rotatable bonds is 10. The first-order chi connectivity index (χ1) is 32.5. The number of allylic oxidation sites excluding steroid dienone is 1. The number of cyclic esters (lactones) is 1. The average molecular weight is 940 g/mol. The number of methoxy groups -OCH3 is 2. The first kappa shape index (κ1) is 48.8. The first-order valence-electron chi connectivity index (χ1n) is 24.3. The number of carbonyl (C=O) groups is 5. The predicted octanol–water partition coefficient (Wildman–Crippen LogP) is 6.00. The molecule has 1 aromatic carbocycles. The summed E-state index contributed by atoms with van der Waals surface area (Å²) in [4.78, 5) is 85.2. The number of nitrogens with zero attached hydrogens (tertiary/aromatic N) is 7. The van der Waals surface area contributed by atoms with Crippen molar-refractivity contribution in [2.24, 2.45) is 16.3 Å². The van der Waals surface area contributed by atoms with Crippen molar-refractivity contribution in [1.82, 2.24) is 40.0 Å². The zero-order valence-electron chi connectivity index (χ0n) is 41.2. The molecule has 2 N–H and O–H groups in total. The van der Waals surface area contributed by atoms with Gasteiger partial charge in [0.05, 0.1) is 35.3 Å². The predicted molar refractivity (Wildman–Crippen MR) is 262 cm³/mol. The van der Waals surface area contributed by atoms with Crippen LogP contribution < -0.4 is 10.7 Å². The number of pyridine rings is 1. The normalized spacial score (nSPS) is 23.8. The number of aryl methyl sites for hydroxylation is 1. The Bertz CT molecular complexity index is 2530. The number of likely N-dealkylation sites (N-methyl/N-ethyl adjacent to an activating group) is 1. The van der Waals surface area contributed by atoms with Gasteiger partial charge in [0.25, 0.3) is 5.91 Å². The van der Waals surface area contributed by atoms with Crippen LogP contribution in [0.5, 0.6) is 0 Å². The Balaban J connectivity index is 0.00000402. The van der Waals surface area contributed by atoms with E-state index in [1.165, 1.54) is 17.0 Å². The van der Waals surface area contributed by atoms with Crippen LogP contribution in [-0.2, 0) is 46.4 Å². The van der Waals surface area contributed by atoms with Gasteiger partial charge in [-0.15, -0.1) is 0 Å². The lowest BCUT2D eigenvalue weighted by atomic mass is 9.84. The lowest BCUT2D eigenvalue weighted by Crippen LogP contribution is -2.68. The lowest BCUT2D eigenvalue weighted by Gasteiger charge is -2.52. The average Bonchev–Trinajstić information content (AvgIpc) is 4.07. The maximum atomic E-state index is 14.7. The Kier molecular flexibility index (Phi) is 14.2. The fourth-order valence-electron chi connectivity index (χ4n) is 10.9. The molecule has 5 atom stereocenters. The molecule has 17 nitrogen and oxygen atoms in total. The molecule has 5 aliphatic rings. The highest BCUT2D eigenvalue weighted by Gasteiger charge is 2.54. The van der Waals surface area contributed by atoms with E-state index in [2.05, 4.69) is 66.4 Å². The second-order valence-electron chi connectivity index (χ2n) is 20.3. The molecule has 370 valence electrons. The van der Waals surface area contributed by atoms with Crippen LogP contribution in [0.3, 0.4) is 0 Å². The molecule has 5 aliphatic heterocycles. The van der Waals surface area contributed by atoms with Crippen LogP contribution in [0, 0.1) is 11.3 Å². The molecular weight excluding hydrogens is 867 g/mol. The van der Waals surface area contributed by atoms with Crippen LogP contribution in [0.15, 0.2) is 47.6 Å². The Morgan fingerprint density at radius 1 is 1.09 bits per heavy atom. The Labute approximate surface area is 402 Å². The number of urea groups is 1. The molecule has 0 aliphatic carbocycles. The van der Waals surface area contributed by atoms with Gasteiger partial charge in [-0.3, -0.25) is 34.2 Å². The van der Waals surface area contributed by atoms with Crippen molar-refractivity contribution in [2.45, 2.75) is 123 Å². The molecule has 3 saturated heterocycles. The van der Waals surface area contributed by atoms with Crippen molar-refractivity contribution in [3.05, 3.63) is 59.4 Å². The van der Waals surface area contributed by atoms with Crippen molar-refractivity contribution < 1.29 is 41.0 Å². The third-order valence-electron chi connectivity index (χ3n) is 14.6. The molecule has 1 spiro atoms. The van der Waals surface area contributed by atoms with Gasteiger partial charge in [0, 0.05) is 109 Å². The molecule has 68 heavy (non-hydrogen) atoms. The van der Waals surface area contributed by atoms with Crippen LogP contribution in [-0.4, -0.2) is 149 Å². The SMILES string of the molecule is CCn1c(-c2cccnc2[C@H](C)OC)c2c3cc(ccc31)C1=CCC(=N1)C[C@H](NC(=O)[C@H](C(C)C)N(C)C(=O)N1CCC13CCN(C(=O)COC)C3)C(=O)N1CCC[C@H](N1)C(=O)OCC(C)(C)C2.[HH].[HH]. The summed E-state index contributed by atoms with van der Waals surface area (Å²) >= 11 is 0. The molecule has 7 heterocycles. The van der Waals surface area contributed by atoms with Gasteiger partial charge in [0.15, 0.2) is 0 Å². The van der Waals surface area contributed by atoms with Gasteiger partial charge in [-0.25, -0.2) is 10.2 Å². The number of likely N-dealkylation sites (tertiary alicyclic amines) is 2. The molecule has 3 fully saturated rings. The highest BCUT2D eigenvalue weighted by atomic mass is 16.5. The highest BCUT2D eigenvalue weighted by Crippen LogP contribution is 2.43. The number of aliphatic imine (C=N–C) groups is 1. The first-order valence-corrected chi connectivity index (χ1v) is 24.3. The topological polar surface area (TPSA) is 180 Å². The van der Waals surface area contributed by atoms with Gasteiger partial charge in [0.2, 0.25) is 11.8 Å². The Morgan fingerprint density at radius 3 is 2.57 bits per heavy atom. The standard InChI is InChI=1S/C51H69N9O8.2H2/c1-10-58-41-18-15-33-25-36(41)37(45(58)35-13-11-21-52-43(35)32(4)67-9)27-50(5,6)30-68-48(64)39-14-12-22-60(55-39)47(63)40(26-34-16-17-38(33)53-34)54-46(62)44(31(2)3)56(7)49(65)59-24-20-51(59)19-23-57(29-51)42(61)28-66-8;;/h11,13,15,17-18,21,25,31-32,39-40,44,55H,10,12,14,16,19-20,22-24,26-30H2,1-9H3,(H,54,62);2*1H/t32-,39-,40-,44-,51?;;/m0../s1. The van der Waals surface area contributed by atoms with E-state index in [1.807, 2.05) is 26.8 Å². The summed E-state index contributed by atoms with van der Waals surface area (Å²) in [5.74, 6) is -1.76. The number of hydrogen-bond donors (Lipinski definition) is 2. The van der Waals surface area contributed by atoms with Crippen LogP contribution >= 0.6 is 0 Å². The molecular formula is C51H73N9O8. The summed E-state index contributed by atoms with van der Waals surface area (Å²) in [5, 5.41) is 5.56. The number of hydrogen-bond acceptors (Lipinski definition) is 11. The van der Waals surface area contributed by atoms with Crippen molar-refractivity contribution in [3.8, 4) is 11.3 Å². The fraction of sp³-hybridized carbons (Fsp3) is 0.588. The summed E-state index contributed by atoms with van der Waals surface area (Å²) in [6.45, 7) is 14.7. The van der Waals surface area contributed by atoms with Gasteiger partial charge >= 0.3 is 12.0 Å². The largest absolute Gasteiger partial charge is 0.464 e. The third kappa shape index (κ3) is 9.40. The van der Waals surface area contributed by atoms with E-state index in [0.717, 1.165) is 56.8 Å². The van der Waals surface area contributed by atoms with Gasteiger partial charge in [-0.2, -0.15) is 0 Å². The molecule has 17 heteroatoms. The molecule has 0 radical (unpaired) electrons. The smallest absolute Gasteiger partial charge is 0.324 e. The zero-order chi connectivity index (χ0) is 48.7. The van der Waals surface area contributed by atoms with Gasteiger partial charge in [-0.05, 0) is 81.7 Å². The van der Waals surface area contributed by atoms with Gasteiger partial charge < -0.3 is 38.8 Å². The number of amides is 5. The summed E-state index contributed by atoms with van der Waals surface area (Å²) in [6, 6.07) is 7.39. The molecule has 3 aromatic rings. The summed E-state index contributed by atoms with van der Waals surface area (Å²) in [5.41, 5.74) is 9.59. The third-order valence-corrected chi connectivity index (χ3v) is 14.6. The number of aromatic nitrogens is 2. The lowest BCUT2D eigenvalue weighted by molar-refractivity contribution is -0.155. The number of fused-ring (bicyclic) bond motifs is 5. The van der Waals surface area contributed by atoms with Crippen molar-refractivity contribution in [2.75, 3.05) is 60.7 Å². The molecule has 1 unspecified atom stereocenters. The second kappa shape index (κ2) is 19.8. The summed E-state index contributed by atoms with van der Waals surface area (Å²) in [7, 11) is 4.80. The van der Waals surface area contributed by atoms with E-state index < -0.39 is 46.9 Å². The number of hydrazine groups is 1. The van der Waals surface area contributed by atoms with Crippen LogP contribution in [0.2, 0.25) is 0 Å². The number of benzene rings is 1. The number of ether oxygens (including phenoxy) is 3. The van der Waals surface area contributed by atoms with Gasteiger partial charge in [0.1, 0.15) is 24.7 Å². The maximum absolute atomic E-state index is 14.7. The summed E-state index contributed by atoms with van der Waals surface area (Å²) in [6.07, 6.45) is 7.18. The minimum Gasteiger partial charge on any atom is -0.464 e. The number of esters is 1. The van der Waals surface area contributed by atoms with E-state index in [1.54, 1.807) is 30.2 Å². The minimum atomic E-state index is -1.07. The van der Waals surface area contributed by atoms with E-state index in [4.69, 9.17) is 24.2 Å². The van der Waals surface area contributed by atoms with Crippen LogP contribution in [0.4, 0.5) is 4.79 Å². The number of nitrogens with one attached hydrogen (secondary N) is 2. The molecule has 2 aromatic heterocycles. The van der Waals surface area contributed by atoms with E-state index in [-0.39, 0.29) is 46.4 Å². The van der Waals surface area contributed by atoms with Crippen molar-refractivity contribution in [3.63, 3.8) is 0 Å². The second-order valence-corrected chi connectivity index (χ2v) is 20.3. The van der Waals surface area contributed by atoms with E-state index >= 15 is 0 Å². The fourth-order valence-corrected chi connectivity index (χ4v) is 10.9. The monoisotopic (exact) mass is 940 g/mol. The van der Waals surface area contributed by atoms with E-state index in [0.29, 0.717) is 64.8 Å². The van der Waals surface area contributed by atoms with Crippen LogP contribution in [0.25, 0.3) is 27.9 Å². The Hall–Kier alpha value is -5.65. The molecule has 8 rings (SSSR count). The minimum absolute atomic E-state index is 0. The Morgan fingerprint density at radius 2 is 1.87 bits per heavy atom. The van der Waals surface area contributed by atoms with Crippen molar-refractivity contribution >= 4 is 52.0 Å². The summed E-state index contributed by atoms with van der Waals surface area (Å²) < 4.78 is 19.3. The molecule has 0 saturated carbocycles. The van der Waals surface area contributed by atoms with Gasteiger partial charge in [-0.1, -0.05) is 39.8 Å². The van der Waals surface area contributed by atoms with E-state index in [9.17, 15) is 24.0 Å². The highest BCUT2D eigenvalue weighted by molar-refractivity contribution is 6.02. The van der Waals surface area contributed by atoms with Crippen LogP contribution in [0.1, 0.15) is 106 Å².